The Morgan fingerprint density at radius 3 is 2.16 bits per heavy atom. The minimum Gasteiger partial charge on any atom is -0.293 e. The van der Waals surface area contributed by atoms with Gasteiger partial charge in [-0.3, -0.25) is 4.79 Å². The van der Waals surface area contributed by atoms with Crippen LogP contribution in [-0.4, -0.2) is 5.78 Å². The molecule has 0 saturated heterocycles. The minimum absolute atomic E-state index is 0.0393. The first-order valence-corrected chi connectivity index (χ1v) is 9.04. The molecule has 4 aliphatic rings. The fraction of sp³-hybridized carbons (Fsp3) is 0.667. The number of hydrogen-bond donors (Lipinski definition) is 0. The summed E-state index contributed by atoms with van der Waals surface area (Å²) in [4.78, 5) is 13.9. The Morgan fingerprint density at radius 2 is 1.74 bits per heavy atom. The van der Waals surface area contributed by atoms with E-state index in [1.54, 1.807) is 0 Å². The first kappa shape index (κ1) is 12.8. The molecule has 0 unspecified atom stereocenters. The molecule has 5 rings (SSSR count). The molecular formula is C15H16BrClOS. The quantitative estimate of drug-likeness (QED) is 0.631. The van der Waals surface area contributed by atoms with Crippen LogP contribution in [0, 0.1) is 23.2 Å². The largest absolute Gasteiger partial charge is 0.293 e. The van der Waals surface area contributed by atoms with E-state index in [0.29, 0.717) is 10.8 Å². The van der Waals surface area contributed by atoms with Gasteiger partial charge in [0.2, 0.25) is 0 Å². The summed E-state index contributed by atoms with van der Waals surface area (Å²) in [7, 11) is 0. The number of carbonyl (C=O) groups excluding carboxylic acids is 1. The molecule has 102 valence electrons. The second-order valence-corrected chi connectivity index (χ2v) is 9.54. The van der Waals surface area contributed by atoms with E-state index in [1.165, 1.54) is 30.6 Å². The highest BCUT2D eigenvalue weighted by molar-refractivity contribution is 9.11. The third-order valence-electron chi connectivity index (χ3n) is 5.39. The predicted octanol–water partition coefficient (Wildman–Crippen LogP) is 5.56. The van der Waals surface area contributed by atoms with Crippen LogP contribution in [0.4, 0.5) is 0 Å². The highest BCUT2D eigenvalue weighted by Crippen LogP contribution is 2.61. The van der Waals surface area contributed by atoms with Crippen molar-refractivity contribution in [2.75, 3.05) is 0 Å². The van der Waals surface area contributed by atoms with Crippen molar-refractivity contribution in [2.45, 2.75) is 38.5 Å². The molecule has 1 aromatic heterocycles. The van der Waals surface area contributed by atoms with Gasteiger partial charge < -0.3 is 0 Å². The Balaban J connectivity index is 1.69. The van der Waals surface area contributed by atoms with Gasteiger partial charge in [-0.05, 0) is 78.3 Å². The molecule has 0 spiro atoms. The molecule has 0 aliphatic heterocycles. The van der Waals surface area contributed by atoms with Crippen LogP contribution < -0.4 is 0 Å². The Labute approximate surface area is 130 Å². The third-order valence-corrected chi connectivity index (χ3v) is 7.86. The highest BCUT2D eigenvalue weighted by Gasteiger charge is 2.54. The van der Waals surface area contributed by atoms with Crippen molar-refractivity contribution in [2.24, 2.45) is 23.2 Å². The number of thiophene rings is 1. The summed E-state index contributed by atoms with van der Waals surface area (Å²) in [6.45, 7) is 0. The van der Waals surface area contributed by atoms with E-state index >= 15 is 0 Å². The number of rotatable bonds is 2. The van der Waals surface area contributed by atoms with Gasteiger partial charge in [0.1, 0.15) is 0 Å². The molecule has 1 nitrogen and oxygen atoms in total. The zero-order valence-corrected chi connectivity index (χ0v) is 13.8. The maximum Gasteiger partial charge on any atom is 0.179 e. The topological polar surface area (TPSA) is 17.1 Å². The normalized spacial score (nSPS) is 39.8. The molecule has 19 heavy (non-hydrogen) atoms. The zero-order chi connectivity index (χ0) is 13.2. The van der Waals surface area contributed by atoms with E-state index in [4.69, 9.17) is 11.6 Å². The molecule has 0 N–H and O–H groups in total. The number of ketones is 1. The van der Waals surface area contributed by atoms with Crippen molar-refractivity contribution >= 4 is 44.7 Å². The fourth-order valence-electron chi connectivity index (χ4n) is 5.11. The van der Waals surface area contributed by atoms with Gasteiger partial charge >= 0.3 is 0 Å². The van der Waals surface area contributed by atoms with Gasteiger partial charge in [0.25, 0.3) is 0 Å². The van der Waals surface area contributed by atoms with Crippen LogP contribution in [0.1, 0.15) is 48.2 Å². The second kappa shape index (κ2) is 4.32. The molecule has 0 atom stereocenters. The van der Waals surface area contributed by atoms with Crippen LogP contribution >= 0.6 is 38.9 Å². The van der Waals surface area contributed by atoms with E-state index in [-0.39, 0.29) is 5.41 Å². The Bertz CT molecular complexity index is 496. The van der Waals surface area contributed by atoms with Gasteiger partial charge in [-0.25, -0.2) is 0 Å². The molecule has 0 aromatic carbocycles. The van der Waals surface area contributed by atoms with Gasteiger partial charge in [-0.15, -0.1) is 11.3 Å². The van der Waals surface area contributed by atoms with Gasteiger partial charge in [0.05, 0.1) is 13.7 Å². The van der Waals surface area contributed by atoms with E-state index in [1.807, 2.05) is 6.07 Å². The lowest BCUT2D eigenvalue weighted by atomic mass is 9.48. The molecule has 1 aromatic rings. The third kappa shape index (κ3) is 1.96. The highest BCUT2D eigenvalue weighted by atomic mass is 79.9. The fourth-order valence-corrected chi connectivity index (χ4v) is 6.87. The Morgan fingerprint density at radius 1 is 1.21 bits per heavy atom. The van der Waals surface area contributed by atoms with Crippen molar-refractivity contribution in [3.05, 3.63) is 19.8 Å². The van der Waals surface area contributed by atoms with Crippen molar-refractivity contribution in [3.63, 3.8) is 0 Å². The summed E-state index contributed by atoms with van der Waals surface area (Å²) in [6.07, 6.45) is 7.52. The second-order valence-electron chi connectivity index (χ2n) is 6.76. The van der Waals surface area contributed by atoms with Crippen molar-refractivity contribution in [3.8, 4) is 0 Å². The smallest absolute Gasteiger partial charge is 0.179 e. The lowest BCUT2D eigenvalue weighted by Gasteiger charge is -2.55. The summed E-state index contributed by atoms with van der Waals surface area (Å²) in [6, 6.07) is 1.86. The summed E-state index contributed by atoms with van der Waals surface area (Å²) in [5, 5.41) is 0.679. The van der Waals surface area contributed by atoms with E-state index < -0.39 is 0 Å². The number of halogens is 2. The molecule has 4 saturated carbocycles. The predicted molar refractivity (Wildman–Crippen MR) is 82.0 cm³/mol. The molecular weight excluding hydrogens is 344 g/mol. The monoisotopic (exact) mass is 358 g/mol. The lowest BCUT2D eigenvalue weighted by Crippen LogP contribution is -2.49. The summed E-state index contributed by atoms with van der Waals surface area (Å²) in [5.74, 6) is 2.82. The van der Waals surface area contributed by atoms with Crippen molar-refractivity contribution in [1.82, 2.24) is 0 Å². The summed E-state index contributed by atoms with van der Waals surface area (Å²) in [5.41, 5.74) is -0.0393. The Hall–Kier alpha value is 0.140. The molecule has 0 amide bonds. The SMILES string of the molecule is O=C(c1cc(Cl)c(Br)s1)C12CC3CC(CC(C3)C1)C2. The first-order chi connectivity index (χ1) is 9.06. The maximum atomic E-state index is 13.0. The van der Waals surface area contributed by atoms with Gasteiger partial charge in [0.15, 0.2) is 5.78 Å². The summed E-state index contributed by atoms with van der Waals surface area (Å²) < 4.78 is 0.891. The van der Waals surface area contributed by atoms with Crippen LogP contribution in [0.15, 0.2) is 9.85 Å². The first-order valence-electron chi connectivity index (χ1n) is 7.05. The van der Waals surface area contributed by atoms with Crippen LogP contribution in [0.25, 0.3) is 0 Å². The average molecular weight is 360 g/mol. The van der Waals surface area contributed by atoms with Crippen LogP contribution in [-0.2, 0) is 0 Å². The molecule has 4 bridgehead atoms. The van der Waals surface area contributed by atoms with E-state index in [9.17, 15) is 4.79 Å². The zero-order valence-electron chi connectivity index (χ0n) is 10.6. The molecule has 0 radical (unpaired) electrons. The number of carbonyl (C=O) groups is 1. The summed E-state index contributed by atoms with van der Waals surface area (Å²) >= 11 is 11.0. The number of hydrogen-bond acceptors (Lipinski definition) is 2. The van der Waals surface area contributed by atoms with Crippen LogP contribution in [0.5, 0.6) is 0 Å². The molecule has 4 aliphatic carbocycles. The standard InChI is InChI=1S/C15H16BrClOS/c16-14-11(17)4-12(19-14)13(18)15-5-8-1-9(6-15)3-10(2-8)7-15/h4,8-10H,1-3,5-7H2. The van der Waals surface area contributed by atoms with Gasteiger partial charge in [-0.2, -0.15) is 0 Å². The van der Waals surface area contributed by atoms with E-state index in [2.05, 4.69) is 15.9 Å². The van der Waals surface area contributed by atoms with Gasteiger partial charge in [0, 0.05) is 5.41 Å². The lowest BCUT2D eigenvalue weighted by molar-refractivity contribution is -0.0350. The average Bonchev–Trinajstić information content (AvgIpc) is 2.67. The van der Waals surface area contributed by atoms with E-state index in [0.717, 1.165) is 45.7 Å². The molecule has 4 fully saturated rings. The molecule has 1 heterocycles. The van der Waals surface area contributed by atoms with Crippen LogP contribution in [0.2, 0.25) is 5.02 Å². The molecule has 4 heteroatoms. The number of Topliss-reactive ketones (excluding diaryl/α,β-unsaturated/α-hetero) is 1. The van der Waals surface area contributed by atoms with Crippen molar-refractivity contribution in [1.29, 1.82) is 0 Å². The maximum absolute atomic E-state index is 13.0. The van der Waals surface area contributed by atoms with Crippen molar-refractivity contribution < 1.29 is 4.79 Å². The Kier molecular flexibility index (Phi) is 2.92. The van der Waals surface area contributed by atoms with Gasteiger partial charge in [-0.1, -0.05) is 11.6 Å². The minimum atomic E-state index is -0.0393. The van der Waals surface area contributed by atoms with Crippen LogP contribution in [0.3, 0.4) is 0 Å².